The normalized spacial score (nSPS) is 18.4. The third-order valence-electron chi connectivity index (χ3n) is 7.96. The highest BCUT2D eigenvalue weighted by atomic mass is 16.3. The number of rotatable bonds is 3. The summed E-state index contributed by atoms with van der Waals surface area (Å²) in [5.74, 6) is 0. The first kappa shape index (κ1) is 22.0. The Morgan fingerprint density at radius 1 is 0.462 bits per heavy atom. The summed E-state index contributed by atoms with van der Waals surface area (Å²) in [6.07, 6.45) is 8.71. The molecule has 2 unspecified atom stereocenters. The van der Waals surface area contributed by atoms with Gasteiger partial charge in [-0.3, -0.25) is 0 Å². The monoisotopic (exact) mass is 502 g/mol. The van der Waals surface area contributed by atoms with Crippen LogP contribution in [0.25, 0.3) is 55.2 Å². The number of hydrogen-bond donors (Lipinski definition) is 2. The first-order valence-electron chi connectivity index (χ1n) is 13.5. The molecule has 186 valence electrons. The van der Waals surface area contributed by atoms with E-state index in [0.29, 0.717) is 0 Å². The average molecular weight is 503 g/mol. The Balaban J connectivity index is 1.38. The molecular weight excluding hydrogens is 476 g/mol. The van der Waals surface area contributed by atoms with Gasteiger partial charge in [0.1, 0.15) is 11.2 Å². The van der Waals surface area contributed by atoms with Crippen LogP contribution in [0.5, 0.6) is 0 Å². The number of nitrogens with one attached hydrogen (secondary N) is 2. The van der Waals surface area contributed by atoms with Crippen LogP contribution in [0.1, 0.15) is 11.1 Å². The van der Waals surface area contributed by atoms with E-state index in [2.05, 4.69) is 132 Å². The molecule has 5 aromatic carbocycles. The van der Waals surface area contributed by atoms with Crippen molar-refractivity contribution in [3.05, 3.63) is 145 Å². The smallest absolute Gasteiger partial charge is 0.136 e. The van der Waals surface area contributed by atoms with Crippen LogP contribution in [0.3, 0.4) is 0 Å². The van der Waals surface area contributed by atoms with Crippen LogP contribution in [-0.4, -0.2) is 12.1 Å². The highest BCUT2D eigenvalue weighted by molar-refractivity contribution is 6.16. The molecule has 1 aliphatic heterocycles. The van der Waals surface area contributed by atoms with E-state index in [1.54, 1.807) is 0 Å². The molecule has 1 aromatic heterocycles. The first-order valence-corrected chi connectivity index (χ1v) is 13.5. The van der Waals surface area contributed by atoms with Crippen LogP contribution in [0.15, 0.2) is 138 Å². The van der Waals surface area contributed by atoms with Crippen LogP contribution in [0.4, 0.5) is 0 Å². The number of hydrogen-bond acceptors (Lipinski definition) is 3. The van der Waals surface area contributed by atoms with Gasteiger partial charge < -0.3 is 15.1 Å². The Morgan fingerprint density at radius 2 is 1.08 bits per heavy atom. The molecule has 3 heteroatoms. The highest BCUT2D eigenvalue weighted by Crippen LogP contribution is 2.41. The zero-order chi connectivity index (χ0) is 25.8. The summed E-state index contributed by atoms with van der Waals surface area (Å²) in [5.41, 5.74) is 8.82. The molecule has 0 bridgehead atoms. The van der Waals surface area contributed by atoms with Crippen molar-refractivity contribution in [1.82, 2.24) is 10.6 Å². The van der Waals surface area contributed by atoms with Gasteiger partial charge in [-0.25, -0.2) is 0 Å². The summed E-state index contributed by atoms with van der Waals surface area (Å²) >= 11 is 0. The lowest BCUT2D eigenvalue weighted by molar-refractivity contribution is 0.555. The number of para-hydroxylation sites is 1. The highest BCUT2D eigenvalue weighted by Gasteiger charge is 2.29. The molecule has 0 radical (unpaired) electrons. The van der Waals surface area contributed by atoms with Gasteiger partial charge in [-0.2, -0.15) is 0 Å². The zero-order valence-corrected chi connectivity index (χ0v) is 21.3. The molecule has 2 N–H and O–H groups in total. The van der Waals surface area contributed by atoms with Crippen LogP contribution < -0.4 is 10.6 Å². The van der Waals surface area contributed by atoms with Gasteiger partial charge in [-0.15, -0.1) is 0 Å². The van der Waals surface area contributed by atoms with Gasteiger partial charge in [0, 0.05) is 16.3 Å². The summed E-state index contributed by atoms with van der Waals surface area (Å²) in [7, 11) is 0. The minimum atomic E-state index is 0.182. The Labute approximate surface area is 226 Å². The molecule has 3 nitrogen and oxygen atoms in total. The van der Waals surface area contributed by atoms with E-state index < -0.39 is 0 Å². The van der Waals surface area contributed by atoms with Crippen molar-refractivity contribution in [2.24, 2.45) is 0 Å². The van der Waals surface area contributed by atoms with Crippen molar-refractivity contribution in [3.63, 3.8) is 0 Å². The summed E-state index contributed by atoms with van der Waals surface area (Å²) < 4.78 is 6.22. The minimum absolute atomic E-state index is 0.182. The molecule has 0 saturated carbocycles. The third-order valence-corrected chi connectivity index (χ3v) is 7.96. The van der Waals surface area contributed by atoms with Gasteiger partial charge in [0.15, 0.2) is 0 Å². The summed E-state index contributed by atoms with van der Waals surface area (Å²) in [6.45, 7) is 0. The number of fused-ring (bicyclic) bond motifs is 5. The zero-order valence-electron chi connectivity index (χ0n) is 21.3. The van der Waals surface area contributed by atoms with Crippen molar-refractivity contribution < 1.29 is 4.42 Å². The maximum Gasteiger partial charge on any atom is 0.136 e. The molecule has 39 heavy (non-hydrogen) atoms. The second-order valence-corrected chi connectivity index (χ2v) is 10.2. The number of benzene rings is 5. The van der Waals surface area contributed by atoms with E-state index in [4.69, 9.17) is 4.42 Å². The number of furan rings is 1. The van der Waals surface area contributed by atoms with E-state index in [1.807, 2.05) is 12.1 Å². The second kappa shape index (κ2) is 8.78. The Hall–Kier alpha value is -5.02. The molecular formula is C36H26N2O. The molecule has 8 rings (SSSR count). The maximum absolute atomic E-state index is 6.22. The molecule has 1 aliphatic carbocycles. The topological polar surface area (TPSA) is 37.2 Å². The minimum Gasteiger partial charge on any atom is -0.456 e. The quantitative estimate of drug-likeness (QED) is 0.256. The number of allylic oxidation sites excluding steroid dienone is 2. The van der Waals surface area contributed by atoms with E-state index in [0.717, 1.165) is 33.3 Å². The SMILES string of the molecule is C1=CC2NC(c3ccccc3)=C(c3ccc(-c4cccc5oc6ccccc6c45)c4ccccc34)NC2C=C1. The third kappa shape index (κ3) is 3.51. The fraction of sp³-hybridized carbons (Fsp3) is 0.0556. The van der Waals surface area contributed by atoms with E-state index >= 15 is 0 Å². The lowest BCUT2D eigenvalue weighted by Crippen LogP contribution is -2.50. The largest absolute Gasteiger partial charge is 0.456 e. The van der Waals surface area contributed by atoms with Gasteiger partial charge in [0.2, 0.25) is 0 Å². The fourth-order valence-electron chi connectivity index (χ4n) is 6.16. The summed E-state index contributed by atoms with van der Waals surface area (Å²) in [6, 6.07) is 38.9. The average Bonchev–Trinajstić information content (AvgIpc) is 3.39. The first-order chi connectivity index (χ1) is 19.3. The van der Waals surface area contributed by atoms with Gasteiger partial charge in [0.25, 0.3) is 0 Å². The second-order valence-electron chi connectivity index (χ2n) is 10.2. The molecule has 0 fully saturated rings. The Kier molecular flexibility index (Phi) is 4.95. The van der Waals surface area contributed by atoms with Crippen molar-refractivity contribution in [1.29, 1.82) is 0 Å². The molecule has 0 spiro atoms. The standard InChI is InChI=1S/C36H26N2O/c1-2-11-23(12-3-1)35-36(38-31-18-8-7-17-30(31)37-35)28-22-21-26(24-13-4-5-14-25(24)28)27-16-10-20-33-34(27)29-15-6-9-19-32(29)39-33/h1-22,30-31,37-38H. The van der Waals surface area contributed by atoms with Crippen molar-refractivity contribution in [3.8, 4) is 11.1 Å². The van der Waals surface area contributed by atoms with Crippen LogP contribution in [-0.2, 0) is 0 Å². The molecule has 6 aromatic rings. The van der Waals surface area contributed by atoms with E-state index in [-0.39, 0.29) is 12.1 Å². The summed E-state index contributed by atoms with van der Waals surface area (Å²) in [4.78, 5) is 0. The molecule has 2 aliphatic rings. The molecule has 0 amide bonds. The van der Waals surface area contributed by atoms with E-state index in [1.165, 1.54) is 33.0 Å². The summed E-state index contributed by atoms with van der Waals surface area (Å²) in [5, 5.41) is 12.5. The van der Waals surface area contributed by atoms with Crippen molar-refractivity contribution in [2.45, 2.75) is 12.1 Å². The molecule has 0 saturated heterocycles. The molecule has 2 atom stereocenters. The van der Waals surface area contributed by atoms with Crippen LogP contribution in [0.2, 0.25) is 0 Å². The predicted octanol–water partition coefficient (Wildman–Crippen LogP) is 8.29. The van der Waals surface area contributed by atoms with Gasteiger partial charge in [-0.05, 0) is 39.6 Å². The van der Waals surface area contributed by atoms with Gasteiger partial charge >= 0.3 is 0 Å². The van der Waals surface area contributed by atoms with Gasteiger partial charge in [-0.1, -0.05) is 121 Å². The molecule has 2 heterocycles. The Morgan fingerprint density at radius 3 is 1.87 bits per heavy atom. The Bertz CT molecular complexity index is 1980. The van der Waals surface area contributed by atoms with Crippen molar-refractivity contribution >= 4 is 44.1 Å². The maximum atomic E-state index is 6.22. The van der Waals surface area contributed by atoms with E-state index in [9.17, 15) is 0 Å². The fourth-order valence-corrected chi connectivity index (χ4v) is 6.16. The van der Waals surface area contributed by atoms with Crippen molar-refractivity contribution in [2.75, 3.05) is 0 Å². The van der Waals surface area contributed by atoms with Gasteiger partial charge in [0.05, 0.1) is 23.5 Å². The van der Waals surface area contributed by atoms with Crippen LogP contribution in [0, 0.1) is 0 Å². The lowest BCUT2D eigenvalue weighted by atomic mass is 9.89. The van der Waals surface area contributed by atoms with Crippen LogP contribution >= 0.6 is 0 Å². The predicted molar refractivity (Wildman–Crippen MR) is 162 cm³/mol. The lowest BCUT2D eigenvalue weighted by Gasteiger charge is -2.37.